The van der Waals surface area contributed by atoms with E-state index in [-0.39, 0.29) is 28.6 Å². The third-order valence-corrected chi connectivity index (χ3v) is 3.02. The molecule has 20 heavy (non-hydrogen) atoms. The van der Waals surface area contributed by atoms with E-state index in [4.69, 9.17) is 10.00 Å². The summed E-state index contributed by atoms with van der Waals surface area (Å²) in [5.41, 5.74) is -0.0523. The van der Waals surface area contributed by atoms with Crippen LogP contribution in [-0.4, -0.2) is 18.9 Å². The van der Waals surface area contributed by atoms with E-state index in [1.165, 1.54) is 6.07 Å². The number of hydrogen-bond donors (Lipinski definition) is 0. The monoisotopic (exact) mass is 351 g/mol. The highest BCUT2D eigenvalue weighted by molar-refractivity contribution is 9.10. The van der Waals surface area contributed by atoms with Gasteiger partial charge in [-0.3, -0.25) is 4.79 Å². The van der Waals surface area contributed by atoms with Gasteiger partial charge in [0.1, 0.15) is 6.07 Å². The highest BCUT2D eigenvalue weighted by atomic mass is 79.9. The van der Waals surface area contributed by atoms with E-state index in [1.807, 2.05) is 0 Å². The molecule has 0 heterocycles. The van der Waals surface area contributed by atoms with Crippen molar-refractivity contribution in [2.24, 2.45) is 0 Å². The molecule has 0 saturated carbocycles. The van der Waals surface area contributed by atoms with Gasteiger partial charge in [-0.15, -0.1) is 13.2 Å². The number of benzene rings is 1. The van der Waals surface area contributed by atoms with Gasteiger partial charge in [0, 0.05) is 0 Å². The van der Waals surface area contributed by atoms with E-state index in [0.29, 0.717) is 0 Å². The van der Waals surface area contributed by atoms with Gasteiger partial charge in [-0.05, 0) is 34.5 Å². The molecule has 0 aliphatic carbocycles. The van der Waals surface area contributed by atoms with Crippen LogP contribution in [0.15, 0.2) is 16.6 Å². The molecule has 0 bridgehead atoms. The molecule has 0 N–H and O–H groups in total. The van der Waals surface area contributed by atoms with Gasteiger partial charge in [0.05, 0.1) is 23.1 Å². The Morgan fingerprint density at radius 1 is 1.45 bits per heavy atom. The second kappa shape index (κ2) is 6.61. The van der Waals surface area contributed by atoms with Crippen LogP contribution in [0.1, 0.15) is 18.1 Å². The lowest BCUT2D eigenvalue weighted by Crippen LogP contribution is -2.19. The fraction of sp³-hybridized carbons (Fsp3) is 0.333. The van der Waals surface area contributed by atoms with Gasteiger partial charge in [-0.25, -0.2) is 0 Å². The Kier molecular flexibility index (Phi) is 5.39. The summed E-state index contributed by atoms with van der Waals surface area (Å²) in [4.78, 5) is 11.3. The summed E-state index contributed by atoms with van der Waals surface area (Å²) in [6.07, 6.45) is -5.16. The molecule has 0 atom stereocenters. The average Bonchev–Trinajstić information content (AvgIpc) is 2.33. The predicted molar refractivity (Wildman–Crippen MR) is 65.9 cm³/mol. The molecule has 108 valence electrons. The Labute approximate surface area is 121 Å². The van der Waals surface area contributed by atoms with Crippen molar-refractivity contribution in [3.05, 3.63) is 27.7 Å². The summed E-state index contributed by atoms with van der Waals surface area (Å²) in [6, 6.07) is 4.11. The van der Waals surface area contributed by atoms with E-state index in [0.717, 1.165) is 6.07 Å². The first kappa shape index (κ1) is 16.3. The Bertz CT molecular complexity index is 552. The number of alkyl halides is 3. The summed E-state index contributed by atoms with van der Waals surface area (Å²) < 4.78 is 45.4. The van der Waals surface area contributed by atoms with Crippen molar-refractivity contribution in [1.29, 1.82) is 5.26 Å². The number of carbonyl (C=O) groups is 1. The summed E-state index contributed by atoms with van der Waals surface area (Å²) in [5, 5.41) is 8.79. The fourth-order valence-corrected chi connectivity index (χ4v) is 1.97. The van der Waals surface area contributed by atoms with Gasteiger partial charge in [-0.2, -0.15) is 5.26 Å². The number of halogens is 4. The van der Waals surface area contributed by atoms with Gasteiger partial charge < -0.3 is 9.47 Å². The number of nitriles is 1. The van der Waals surface area contributed by atoms with Gasteiger partial charge in [-0.1, -0.05) is 6.07 Å². The SMILES string of the molecule is CCOC(=O)Cc1ccc(C#N)c(OC(F)(F)F)c1Br. The van der Waals surface area contributed by atoms with Crippen molar-refractivity contribution >= 4 is 21.9 Å². The lowest BCUT2D eigenvalue weighted by molar-refractivity contribution is -0.275. The van der Waals surface area contributed by atoms with E-state index >= 15 is 0 Å². The number of nitrogens with zero attached hydrogens (tertiary/aromatic N) is 1. The maximum atomic E-state index is 12.3. The first-order chi connectivity index (χ1) is 9.28. The Balaban J connectivity index is 3.15. The minimum atomic E-state index is -4.93. The fourth-order valence-electron chi connectivity index (χ4n) is 1.40. The van der Waals surface area contributed by atoms with Crippen LogP contribution in [-0.2, 0) is 16.0 Å². The molecule has 0 radical (unpaired) electrons. The zero-order valence-electron chi connectivity index (χ0n) is 10.3. The Morgan fingerprint density at radius 2 is 2.10 bits per heavy atom. The summed E-state index contributed by atoms with van der Waals surface area (Å²) in [5.74, 6) is -1.25. The molecule has 0 spiro atoms. The van der Waals surface area contributed by atoms with Crippen LogP contribution in [0.4, 0.5) is 13.2 Å². The van der Waals surface area contributed by atoms with Gasteiger partial charge in [0.2, 0.25) is 0 Å². The molecule has 0 saturated heterocycles. The van der Waals surface area contributed by atoms with Crippen molar-refractivity contribution < 1.29 is 27.4 Å². The Morgan fingerprint density at radius 3 is 2.60 bits per heavy atom. The van der Waals surface area contributed by atoms with Crippen molar-refractivity contribution in [3.8, 4) is 11.8 Å². The third-order valence-electron chi connectivity index (χ3n) is 2.16. The van der Waals surface area contributed by atoms with Crippen LogP contribution in [0, 0.1) is 11.3 Å². The van der Waals surface area contributed by atoms with Crippen molar-refractivity contribution in [2.45, 2.75) is 19.7 Å². The van der Waals surface area contributed by atoms with Crippen LogP contribution >= 0.6 is 15.9 Å². The normalized spacial score (nSPS) is 10.8. The molecule has 0 aromatic heterocycles. The first-order valence-corrected chi connectivity index (χ1v) is 6.20. The standard InChI is InChI=1S/C12H9BrF3NO3/c1-2-19-9(18)5-7-3-4-8(6-17)11(10(7)13)20-12(14,15)16/h3-4H,2,5H2,1H3. The Hall–Kier alpha value is -1.75. The minimum Gasteiger partial charge on any atom is -0.466 e. The molecule has 8 heteroatoms. The van der Waals surface area contributed by atoms with Crippen LogP contribution in [0.5, 0.6) is 5.75 Å². The number of rotatable bonds is 4. The van der Waals surface area contributed by atoms with Crippen LogP contribution < -0.4 is 4.74 Å². The lowest BCUT2D eigenvalue weighted by Gasteiger charge is -2.14. The molecule has 0 unspecified atom stereocenters. The second-order valence-corrected chi connectivity index (χ2v) is 4.35. The molecule has 0 amide bonds. The first-order valence-electron chi connectivity index (χ1n) is 5.41. The maximum absolute atomic E-state index is 12.3. The zero-order chi connectivity index (χ0) is 15.3. The molecule has 1 rings (SSSR count). The number of esters is 1. The van der Waals surface area contributed by atoms with Crippen LogP contribution in [0.3, 0.4) is 0 Å². The topological polar surface area (TPSA) is 59.3 Å². The highest BCUT2D eigenvalue weighted by Crippen LogP contribution is 2.36. The quantitative estimate of drug-likeness (QED) is 0.780. The molecule has 0 aliphatic rings. The molecule has 1 aromatic carbocycles. The van der Waals surface area contributed by atoms with Gasteiger partial charge >= 0.3 is 12.3 Å². The summed E-state index contributed by atoms with van der Waals surface area (Å²) in [7, 11) is 0. The van der Waals surface area contributed by atoms with Crippen LogP contribution in [0.25, 0.3) is 0 Å². The molecule has 4 nitrogen and oxygen atoms in total. The minimum absolute atomic E-state index is 0.0954. The zero-order valence-corrected chi connectivity index (χ0v) is 11.8. The number of hydrogen-bond acceptors (Lipinski definition) is 4. The summed E-state index contributed by atoms with van der Waals surface area (Å²) in [6.45, 7) is 1.78. The lowest BCUT2D eigenvalue weighted by atomic mass is 10.1. The van der Waals surface area contributed by atoms with E-state index in [9.17, 15) is 18.0 Å². The molecular formula is C12H9BrF3NO3. The smallest absolute Gasteiger partial charge is 0.466 e. The molecule has 0 aliphatic heterocycles. The second-order valence-electron chi connectivity index (χ2n) is 3.56. The predicted octanol–water partition coefficient (Wildman–Crippen LogP) is 3.32. The van der Waals surface area contributed by atoms with Gasteiger partial charge in [0.25, 0.3) is 0 Å². The van der Waals surface area contributed by atoms with Gasteiger partial charge in [0.15, 0.2) is 5.75 Å². The van der Waals surface area contributed by atoms with Crippen molar-refractivity contribution in [1.82, 2.24) is 0 Å². The third kappa shape index (κ3) is 4.42. The largest absolute Gasteiger partial charge is 0.573 e. The molecular weight excluding hydrogens is 343 g/mol. The molecule has 1 aromatic rings. The maximum Gasteiger partial charge on any atom is 0.573 e. The summed E-state index contributed by atoms with van der Waals surface area (Å²) >= 11 is 2.92. The van der Waals surface area contributed by atoms with Crippen LogP contribution in [0.2, 0.25) is 0 Å². The van der Waals surface area contributed by atoms with E-state index in [1.54, 1.807) is 13.0 Å². The van der Waals surface area contributed by atoms with Crippen molar-refractivity contribution in [2.75, 3.05) is 6.61 Å². The van der Waals surface area contributed by atoms with E-state index < -0.39 is 18.1 Å². The number of carbonyl (C=O) groups excluding carboxylic acids is 1. The number of ether oxygens (including phenoxy) is 2. The highest BCUT2D eigenvalue weighted by Gasteiger charge is 2.33. The van der Waals surface area contributed by atoms with E-state index in [2.05, 4.69) is 20.7 Å². The molecule has 0 fully saturated rings. The average molecular weight is 352 g/mol. The van der Waals surface area contributed by atoms with Crippen molar-refractivity contribution in [3.63, 3.8) is 0 Å².